The van der Waals surface area contributed by atoms with Gasteiger partial charge in [-0.25, -0.2) is 4.39 Å². The van der Waals surface area contributed by atoms with Gasteiger partial charge in [-0.2, -0.15) is 0 Å². The number of nitrogens with zero attached hydrogens (tertiary/aromatic N) is 1. The van der Waals surface area contributed by atoms with E-state index in [2.05, 4.69) is 5.32 Å². The molecule has 0 amide bonds. The Morgan fingerprint density at radius 2 is 1.95 bits per heavy atom. The molecule has 19 heavy (non-hydrogen) atoms. The summed E-state index contributed by atoms with van der Waals surface area (Å²) in [7, 11) is 3.77. The van der Waals surface area contributed by atoms with Gasteiger partial charge in [0.1, 0.15) is 5.82 Å². The van der Waals surface area contributed by atoms with Crippen LogP contribution in [0.1, 0.15) is 5.56 Å². The fourth-order valence-corrected chi connectivity index (χ4v) is 2.27. The number of nitrogens with one attached hydrogen (secondary N) is 1. The molecule has 2 rings (SSSR count). The molecule has 0 radical (unpaired) electrons. The van der Waals surface area contributed by atoms with Crippen LogP contribution in [0.25, 0.3) is 0 Å². The standard InChI is InChI=1S/C15H16ClFN2/c1-18-10-13-14(16)7-4-8-15(13)19(2)12-6-3-5-11(17)9-12/h3-9,18H,10H2,1-2H3. The lowest BCUT2D eigenvalue weighted by Crippen LogP contribution is -2.15. The second kappa shape index (κ2) is 6.04. The van der Waals surface area contributed by atoms with Crippen molar-refractivity contribution in [3.8, 4) is 0 Å². The molecule has 0 heterocycles. The van der Waals surface area contributed by atoms with E-state index in [4.69, 9.17) is 11.6 Å². The number of benzene rings is 2. The molecule has 100 valence electrons. The van der Waals surface area contributed by atoms with Crippen LogP contribution in [0.15, 0.2) is 42.5 Å². The molecule has 2 aromatic carbocycles. The van der Waals surface area contributed by atoms with Gasteiger partial charge in [0.2, 0.25) is 0 Å². The highest BCUT2D eigenvalue weighted by Crippen LogP contribution is 2.31. The molecule has 0 aromatic heterocycles. The lowest BCUT2D eigenvalue weighted by molar-refractivity contribution is 0.628. The number of hydrogen-bond acceptors (Lipinski definition) is 2. The Kier molecular flexibility index (Phi) is 4.40. The third-order valence-electron chi connectivity index (χ3n) is 3.00. The summed E-state index contributed by atoms with van der Waals surface area (Å²) in [5, 5.41) is 3.80. The van der Waals surface area contributed by atoms with Crippen molar-refractivity contribution in [2.24, 2.45) is 0 Å². The van der Waals surface area contributed by atoms with Crippen LogP contribution in [0.3, 0.4) is 0 Å². The molecule has 0 atom stereocenters. The van der Waals surface area contributed by atoms with E-state index in [1.165, 1.54) is 12.1 Å². The summed E-state index contributed by atoms with van der Waals surface area (Å²) >= 11 is 6.23. The second-order valence-electron chi connectivity index (χ2n) is 4.31. The molecule has 1 N–H and O–H groups in total. The Bertz CT molecular complexity index is 572. The molecule has 4 heteroatoms. The van der Waals surface area contributed by atoms with E-state index in [-0.39, 0.29) is 5.82 Å². The van der Waals surface area contributed by atoms with Crippen LogP contribution in [0.5, 0.6) is 0 Å². The molecule has 0 aliphatic carbocycles. The first-order valence-electron chi connectivity index (χ1n) is 6.04. The van der Waals surface area contributed by atoms with Gasteiger partial charge in [-0.05, 0) is 37.4 Å². The fourth-order valence-electron chi connectivity index (χ4n) is 2.04. The number of rotatable bonds is 4. The van der Waals surface area contributed by atoms with Crippen LogP contribution in [-0.2, 0) is 6.54 Å². The third kappa shape index (κ3) is 3.06. The highest BCUT2D eigenvalue weighted by atomic mass is 35.5. The van der Waals surface area contributed by atoms with Gasteiger partial charge in [0.15, 0.2) is 0 Å². The molecular weight excluding hydrogens is 263 g/mol. The molecule has 0 saturated heterocycles. The number of hydrogen-bond donors (Lipinski definition) is 1. The van der Waals surface area contributed by atoms with E-state index < -0.39 is 0 Å². The zero-order valence-corrected chi connectivity index (χ0v) is 11.7. The Hall–Kier alpha value is -1.58. The summed E-state index contributed by atoms with van der Waals surface area (Å²) in [6, 6.07) is 12.2. The normalized spacial score (nSPS) is 10.5. The zero-order valence-electron chi connectivity index (χ0n) is 11.0. The zero-order chi connectivity index (χ0) is 13.8. The van der Waals surface area contributed by atoms with Gasteiger partial charge in [0.25, 0.3) is 0 Å². The van der Waals surface area contributed by atoms with Crippen molar-refractivity contribution < 1.29 is 4.39 Å². The van der Waals surface area contributed by atoms with E-state index in [0.717, 1.165) is 16.9 Å². The van der Waals surface area contributed by atoms with Crippen molar-refractivity contribution in [2.75, 3.05) is 19.0 Å². The summed E-state index contributed by atoms with van der Waals surface area (Å²) in [5.41, 5.74) is 2.76. The van der Waals surface area contributed by atoms with Gasteiger partial charge >= 0.3 is 0 Å². The van der Waals surface area contributed by atoms with Crippen molar-refractivity contribution in [1.82, 2.24) is 5.32 Å². The topological polar surface area (TPSA) is 15.3 Å². The summed E-state index contributed by atoms with van der Waals surface area (Å²) in [4.78, 5) is 1.93. The smallest absolute Gasteiger partial charge is 0.125 e. The fraction of sp³-hybridized carbons (Fsp3) is 0.200. The summed E-state index contributed by atoms with van der Waals surface area (Å²) in [6.07, 6.45) is 0. The van der Waals surface area contributed by atoms with Crippen LogP contribution >= 0.6 is 11.6 Å². The minimum atomic E-state index is -0.249. The second-order valence-corrected chi connectivity index (χ2v) is 4.71. The van der Waals surface area contributed by atoms with Gasteiger partial charge in [-0.15, -0.1) is 0 Å². The Morgan fingerprint density at radius 1 is 1.21 bits per heavy atom. The Labute approximate surface area is 117 Å². The van der Waals surface area contributed by atoms with E-state index in [9.17, 15) is 4.39 Å². The highest BCUT2D eigenvalue weighted by Gasteiger charge is 2.12. The van der Waals surface area contributed by atoms with Crippen LogP contribution < -0.4 is 10.2 Å². The van der Waals surface area contributed by atoms with Gasteiger partial charge < -0.3 is 10.2 Å². The predicted octanol–water partition coefficient (Wildman–Crippen LogP) is 3.97. The van der Waals surface area contributed by atoms with Crippen LogP contribution in [0, 0.1) is 5.82 Å². The molecule has 0 unspecified atom stereocenters. The quantitative estimate of drug-likeness (QED) is 0.910. The first kappa shape index (κ1) is 13.8. The lowest BCUT2D eigenvalue weighted by Gasteiger charge is -2.23. The molecule has 0 saturated carbocycles. The Morgan fingerprint density at radius 3 is 2.63 bits per heavy atom. The van der Waals surface area contributed by atoms with Crippen molar-refractivity contribution in [3.63, 3.8) is 0 Å². The Balaban J connectivity index is 2.43. The van der Waals surface area contributed by atoms with Gasteiger partial charge in [-0.1, -0.05) is 23.7 Å². The number of halogens is 2. The summed E-state index contributed by atoms with van der Waals surface area (Å²) < 4.78 is 13.3. The third-order valence-corrected chi connectivity index (χ3v) is 3.36. The molecule has 2 nitrogen and oxygen atoms in total. The van der Waals surface area contributed by atoms with E-state index in [0.29, 0.717) is 11.6 Å². The SMILES string of the molecule is CNCc1c(Cl)cccc1N(C)c1cccc(F)c1. The van der Waals surface area contributed by atoms with Gasteiger partial charge in [0.05, 0.1) is 0 Å². The number of anilines is 2. The van der Waals surface area contributed by atoms with Crippen molar-refractivity contribution >= 4 is 23.0 Å². The molecule has 0 aliphatic rings. The van der Waals surface area contributed by atoms with Crippen LogP contribution in [0.2, 0.25) is 5.02 Å². The molecule has 0 aliphatic heterocycles. The first-order chi connectivity index (χ1) is 9.13. The average Bonchev–Trinajstić information content (AvgIpc) is 2.40. The maximum absolute atomic E-state index is 13.3. The highest BCUT2D eigenvalue weighted by molar-refractivity contribution is 6.31. The maximum atomic E-state index is 13.3. The van der Waals surface area contributed by atoms with Crippen molar-refractivity contribution in [2.45, 2.75) is 6.54 Å². The molecular formula is C15H16ClFN2. The first-order valence-corrected chi connectivity index (χ1v) is 6.42. The molecule has 2 aromatic rings. The van der Waals surface area contributed by atoms with E-state index in [1.54, 1.807) is 6.07 Å². The minimum Gasteiger partial charge on any atom is -0.344 e. The van der Waals surface area contributed by atoms with Crippen LogP contribution in [0.4, 0.5) is 15.8 Å². The monoisotopic (exact) mass is 278 g/mol. The van der Waals surface area contributed by atoms with Crippen molar-refractivity contribution in [1.29, 1.82) is 0 Å². The summed E-state index contributed by atoms with van der Waals surface area (Å²) in [5.74, 6) is -0.249. The van der Waals surface area contributed by atoms with Crippen molar-refractivity contribution in [3.05, 3.63) is 58.9 Å². The maximum Gasteiger partial charge on any atom is 0.125 e. The minimum absolute atomic E-state index is 0.249. The predicted molar refractivity (Wildman–Crippen MR) is 78.7 cm³/mol. The lowest BCUT2D eigenvalue weighted by atomic mass is 10.1. The van der Waals surface area contributed by atoms with Gasteiger partial charge in [0, 0.05) is 35.6 Å². The molecule has 0 spiro atoms. The van der Waals surface area contributed by atoms with Crippen LogP contribution in [-0.4, -0.2) is 14.1 Å². The average molecular weight is 279 g/mol. The van der Waals surface area contributed by atoms with E-state index in [1.807, 2.05) is 43.3 Å². The largest absolute Gasteiger partial charge is 0.344 e. The molecule has 0 bridgehead atoms. The summed E-state index contributed by atoms with van der Waals surface area (Å²) in [6.45, 7) is 0.661. The van der Waals surface area contributed by atoms with Gasteiger partial charge in [-0.3, -0.25) is 0 Å². The van der Waals surface area contributed by atoms with E-state index >= 15 is 0 Å². The molecule has 0 fully saturated rings.